The molecule has 0 fully saturated rings. The highest BCUT2D eigenvalue weighted by Crippen LogP contribution is 2.45. The maximum Gasteiger partial charge on any atom is 0.0155 e. The molecule has 1 aliphatic rings. The SMILES string of the molecule is C=CC1=C(C)c2ccccc2C1(C)C.CC.CCC. The van der Waals surface area contributed by atoms with Crippen LogP contribution in [0.25, 0.3) is 5.57 Å². The maximum atomic E-state index is 3.91. The van der Waals surface area contributed by atoms with Crippen LogP contribution in [0, 0.1) is 0 Å². The van der Waals surface area contributed by atoms with Gasteiger partial charge < -0.3 is 0 Å². The molecule has 0 heterocycles. The van der Waals surface area contributed by atoms with Gasteiger partial charge in [-0.2, -0.15) is 0 Å². The summed E-state index contributed by atoms with van der Waals surface area (Å²) >= 11 is 0. The fourth-order valence-electron chi connectivity index (χ4n) is 2.52. The molecule has 0 saturated heterocycles. The fraction of sp³-hybridized carbons (Fsp3) is 0.474. The van der Waals surface area contributed by atoms with Gasteiger partial charge in [0.1, 0.15) is 0 Å². The van der Waals surface area contributed by atoms with Gasteiger partial charge in [0.25, 0.3) is 0 Å². The number of benzene rings is 1. The number of rotatable bonds is 1. The van der Waals surface area contributed by atoms with Crippen LogP contribution in [0.4, 0.5) is 0 Å². The van der Waals surface area contributed by atoms with Crippen molar-refractivity contribution < 1.29 is 0 Å². The van der Waals surface area contributed by atoms with E-state index in [-0.39, 0.29) is 5.41 Å². The van der Waals surface area contributed by atoms with Crippen molar-refractivity contribution in [3.05, 3.63) is 53.6 Å². The van der Waals surface area contributed by atoms with Crippen molar-refractivity contribution >= 4 is 5.57 Å². The largest absolute Gasteiger partial charge is 0.0987 e. The average Bonchev–Trinajstić information content (AvgIpc) is 2.61. The summed E-state index contributed by atoms with van der Waals surface area (Å²) in [5, 5.41) is 0. The van der Waals surface area contributed by atoms with Gasteiger partial charge in [-0.1, -0.05) is 84.9 Å². The van der Waals surface area contributed by atoms with Gasteiger partial charge in [0.15, 0.2) is 0 Å². The Labute approximate surface area is 120 Å². The number of hydrogen-bond acceptors (Lipinski definition) is 0. The van der Waals surface area contributed by atoms with E-state index in [1.807, 2.05) is 19.9 Å². The molecule has 0 aliphatic heterocycles. The van der Waals surface area contributed by atoms with E-state index in [2.05, 4.69) is 65.5 Å². The molecule has 0 unspecified atom stereocenters. The molecule has 1 aromatic rings. The first-order valence-corrected chi connectivity index (χ1v) is 7.44. The summed E-state index contributed by atoms with van der Waals surface area (Å²) in [7, 11) is 0. The summed E-state index contributed by atoms with van der Waals surface area (Å²) in [6, 6.07) is 8.63. The second kappa shape index (κ2) is 7.99. The topological polar surface area (TPSA) is 0 Å². The van der Waals surface area contributed by atoms with E-state index in [1.165, 1.54) is 28.7 Å². The summed E-state index contributed by atoms with van der Waals surface area (Å²) in [5.74, 6) is 0. The Kier molecular flexibility index (Phi) is 7.44. The summed E-state index contributed by atoms with van der Waals surface area (Å²) < 4.78 is 0. The number of allylic oxidation sites excluding steroid dienone is 3. The van der Waals surface area contributed by atoms with E-state index in [9.17, 15) is 0 Å². The summed E-state index contributed by atoms with van der Waals surface area (Å²) in [6.07, 6.45) is 3.25. The van der Waals surface area contributed by atoms with Gasteiger partial charge in [-0.05, 0) is 29.2 Å². The van der Waals surface area contributed by atoms with Crippen molar-refractivity contribution in [2.45, 2.75) is 60.3 Å². The van der Waals surface area contributed by atoms with Crippen molar-refractivity contribution in [1.82, 2.24) is 0 Å². The minimum Gasteiger partial charge on any atom is -0.0987 e. The lowest BCUT2D eigenvalue weighted by molar-refractivity contribution is 0.654. The molecule has 0 N–H and O–H groups in total. The van der Waals surface area contributed by atoms with Gasteiger partial charge in [0.2, 0.25) is 0 Å². The van der Waals surface area contributed by atoms with Gasteiger partial charge in [-0.3, -0.25) is 0 Å². The van der Waals surface area contributed by atoms with Crippen molar-refractivity contribution in [1.29, 1.82) is 0 Å². The third-order valence-electron chi connectivity index (χ3n) is 3.29. The highest BCUT2D eigenvalue weighted by atomic mass is 14.4. The van der Waals surface area contributed by atoms with Crippen molar-refractivity contribution in [3.63, 3.8) is 0 Å². The van der Waals surface area contributed by atoms with E-state index in [4.69, 9.17) is 0 Å². The first kappa shape index (κ1) is 17.7. The summed E-state index contributed by atoms with van der Waals surface area (Å²) in [4.78, 5) is 0. The van der Waals surface area contributed by atoms with Crippen LogP contribution in [-0.2, 0) is 5.41 Å². The second-order valence-corrected chi connectivity index (χ2v) is 5.12. The molecule has 106 valence electrons. The highest BCUT2D eigenvalue weighted by molar-refractivity contribution is 5.80. The minimum atomic E-state index is 0.127. The fourth-order valence-corrected chi connectivity index (χ4v) is 2.52. The molecule has 1 aromatic carbocycles. The lowest BCUT2D eigenvalue weighted by atomic mass is 9.81. The Bertz CT molecular complexity index is 433. The first-order valence-electron chi connectivity index (χ1n) is 7.44. The molecule has 0 saturated carbocycles. The zero-order valence-corrected chi connectivity index (χ0v) is 13.8. The van der Waals surface area contributed by atoms with Crippen LogP contribution in [0.15, 0.2) is 42.5 Å². The van der Waals surface area contributed by atoms with Crippen molar-refractivity contribution in [2.24, 2.45) is 0 Å². The van der Waals surface area contributed by atoms with Crippen molar-refractivity contribution in [2.75, 3.05) is 0 Å². The zero-order chi connectivity index (χ0) is 15.1. The van der Waals surface area contributed by atoms with Gasteiger partial charge in [-0.15, -0.1) is 0 Å². The van der Waals surface area contributed by atoms with Crippen LogP contribution in [0.3, 0.4) is 0 Å². The van der Waals surface area contributed by atoms with E-state index < -0.39 is 0 Å². The van der Waals surface area contributed by atoms with Gasteiger partial charge in [-0.25, -0.2) is 0 Å². The van der Waals surface area contributed by atoms with Crippen LogP contribution in [0.1, 0.15) is 66.0 Å². The highest BCUT2D eigenvalue weighted by Gasteiger charge is 2.33. The molecule has 2 rings (SSSR count). The standard InChI is InChI=1S/C14H16.C3H8.C2H6/c1-5-12-10(2)11-8-6-7-9-13(11)14(12,3)4;1-3-2;1-2/h5-9H,1H2,2-4H3;3H2,1-2H3;1-2H3. The smallest absolute Gasteiger partial charge is 0.0155 e. The monoisotopic (exact) mass is 258 g/mol. The van der Waals surface area contributed by atoms with Crippen LogP contribution < -0.4 is 0 Å². The molecule has 0 amide bonds. The Balaban J connectivity index is 0.000000573. The molecule has 19 heavy (non-hydrogen) atoms. The normalized spacial score (nSPS) is 14.7. The lowest BCUT2D eigenvalue weighted by Gasteiger charge is -2.22. The Hall–Kier alpha value is -1.30. The third-order valence-corrected chi connectivity index (χ3v) is 3.29. The Morgan fingerprint density at radius 3 is 2.00 bits per heavy atom. The summed E-state index contributed by atoms with van der Waals surface area (Å²) in [6.45, 7) is 18.9. The molecular formula is C19H30. The number of hydrogen-bond donors (Lipinski definition) is 0. The Morgan fingerprint density at radius 2 is 1.58 bits per heavy atom. The van der Waals surface area contributed by atoms with E-state index in [0.29, 0.717) is 0 Å². The van der Waals surface area contributed by atoms with E-state index >= 15 is 0 Å². The van der Waals surface area contributed by atoms with Gasteiger partial charge in [0, 0.05) is 5.41 Å². The predicted molar refractivity (Wildman–Crippen MR) is 89.6 cm³/mol. The van der Waals surface area contributed by atoms with E-state index in [0.717, 1.165) is 0 Å². The Morgan fingerprint density at radius 1 is 1.11 bits per heavy atom. The van der Waals surface area contributed by atoms with E-state index in [1.54, 1.807) is 0 Å². The number of fused-ring (bicyclic) bond motifs is 1. The molecule has 1 aliphatic carbocycles. The van der Waals surface area contributed by atoms with Crippen LogP contribution in [0.2, 0.25) is 0 Å². The third kappa shape index (κ3) is 3.59. The van der Waals surface area contributed by atoms with Crippen molar-refractivity contribution in [3.8, 4) is 0 Å². The molecule has 0 radical (unpaired) electrons. The molecule has 0 aromatic heterocycles. The van der Waals surface area contributed by atoms with Gasteiger partial charge in [0.05, 0.1) is 0 Å². The molecule has 0 nitrogen and oxygen atoms in total. The molecular weight excluding hydrogens is 228 g/mol. The zero-order valence-electron chi connectivity index (χ0n) is 13.8. The molecule has 0 spiro atoms. The maximum absolute atomic E-state index is 3.91. The average molecular weight is 258 g/mol. The predicted octanol–water partition coefficient (Wildman–Crippen LogP) is 6.38. The van der Waals surface area contributed by atoms with Crippen LogP contribution >= 0.6 is 0 Å². The summed E-state index contributed by atoms with van der Waals surface area (Å²) in [5.41, 5.74) is 5.67. The minimum absolute atomic E-state index is 0.127. The van der Waals surface area contributed by atoms with Gasteiger partial charge >= 0.3 is 0 Å². The quantitative estimate of drug-likeness (QED) is 0.548. The van der Waals surface area contributed by atoms with Crippen LogP contribution in [-0.4, -0.2) is 0 Å². The van der Waals surface area contributed by atoms with Crippen LogP contribution in [0.5, 0.6) is 0 Å². The molecule has 0 heteroatoms. The lowest BCUT2D eigenvalue weighted by Crippen LogP contribution is -2.15. The molecule has 0 atom stereocenters. The first-order chi connectivity index (χ1) is 9.00. The second-order valence-electron chi connectivity index (χ2n) is 5.12. The molecule has 0 bridgehead atoms.